The van der Waals surface area contributed by atoms with Crippen LogP contribution in [0.25, 0.3) is 11.3 Å². The predicted octanol–water partition coefficient (Wildman–Crippen LogP) is 3.60. The summed E-state index contributed by atoms with van der Waals surface area (Å²) in [5.74, 6) is -0.711. The van der Waals surface area contributed by atoms with E-state index in [-0.39, 0.29) is 29.9 Å². The van der Waals surface area contributed by atoms with Gasteiger partial charge in [0.25, 0.3) is 0 Å². The lowest BCUT2D eigenvalue weighted by molar-refractivity contribution is -0.254. The van der Waals surface area contributed by atoms with E-state index in [4.69, 9.17) is 14.2 Å². The van der Waals surface area contributed by atoms with Crippen molar-refractivity contribution in [3.05, 3.63) is 53.0 Å². The number of rotatable bonds is 8. The van der Waals surface area contributed by atoms with Gasteiger partial charge in [-0.2, -0.15) is 5.26 Å². The molecule has 2 aromatic rings. The maximum atomic E-state index is 15.6. The molecule has 1 amide bonds. The van der Waals surface area contributed by atoms with E-state index in [1.165, 1.54) is 6.07 Å². The van der Waals surface area contributed by atoms with Crippen molar-refractivity contribution >= 4 is 5.91 Å². The Labute approximate surface area is 269 Å². The molecular weight excluding hydrogens is 589 g/mol. The number of carbonyl (C=O) groups is 1. The van der Waals surface area contributed by atoms with Gasteiger partial charge in [-0.05, 0) is 82.1 Å². The smallest absolute Gasteiger partial charge is 0.238 e. The molecule has 4 fully saturated rings. The zero-order valence-corrected chi connectivity index (χ0v) is 26.9. The van der Waals surface area contributed by atoms with Gasteiger partial charge in [-0.1, -0.05) is 12.1 Å². The van der Waals surface area contributed by atoms with Crippen LogP contribution in [0.2, 0.25) is 0 Å². The molecule has 46 heavy (non-hydrogen) atoms. The highest BCUT2D eigenvalue weighted by molar-refractivity contribution is 5.83. The number of nitrogens with zero attached hydrogens (tertiary/aromatic N) is 4. The predicted molar refractivity (Wildman–Crippen MR) is 166 cm³/mol. The first-order valence-corrected chi connectivity index (χ1v) is 16.6. The molecule has 1 aromatic carbocycles. The Morgan fingerprint density at radius 3 is 2.70 bits per heavy atom. The first kappa shape index (κ1) is 31.6. The van der Waals surface area contributed by atoms with Gasteiger partial charge in [-0.25, -0.2) is 9.29 Å². The van der Waals surface area contributed by atoms with Gasteiger partial charge in [0.05, 0.1) is 54.9 Å². The Morgan fingerprint density at radius 2 is 2.02 bits per heavy atom. The summed E-state index contributed by atoms with van der Waals surface area (Å²) in [5, 5.41) is 23.6. The average molecular weight is 634 g/mol. The Morgan fingerprint density at radius 1 is 1.24 bits per heavy atom. The molecule has 1 unspecified atom stereocenters. The molecule has 4 aliphatic heterocycles. The van der Waals surface area contributed by atoms with Crippen LogP contribution in [0.15, 0.2) is 30.5 Å². The van der Waals surface area contributed by atoms with E-state index < -0.39 is 29.9 Å². The molecule has 1 saturated carbocycles. The van der Waals surface area contributed by atoms with Gasteiger partial charge in [0, 0.05) is 42.9 Å². The normalized spacial score (nSPS) is 27.3. The molecule has 5 heterocycles. The molecule has 1 spiro atoms. The maximum Gasteiger partial charge on any atom is 0.238 e. The number of hydrogen-bond acceptors (Lipinski definition) is 9. The monoisotopic (exact) mass is 633 g/mol. The zero-order chi connectivity index (χ0) is 32.2. The lowest BCUT2D eigenvalue weighted by Gasteiger charge is -2.45. The fraction of sp³-hybridized carbons (Fsp3) is 0.629. The number of ether oxygens (including phenoxy) is 3. The van der Waals surface area contributed by atoms with Crippen LogP contribution >= 0.6 is 0 Å². The third-order valence-electron chi connectivity index (χ3n) is 10.6. The summed E-state index contributed by atoms with van der Waals surface area (Å²) in [4.78, 5) is 22.4. The standard InChI is InChI=1S/C35H44FN5O5/c1-34(2,3)46-33(43)41-26-7-6-23(13-26)31(41)32(42)39-25(16-37)12-21-4-5-22(14-29(21)36)30-15-28-24(17-38-30)18-45-35(28)8-10-40(11-9-35)27-19-44-20-27/h4-5,14-15,17,23,25-27,31,33,43H,6-13,18-20H2,1-3H3,(H,39,42)/t23-,25-,26+,31-,33?/m0/s1. The number of fused-ring (bicyclic) bond motifs is 4. The van der Waals surface area contributed by atoms with Crippen LogP contribution in [0.5, 0.6) is 0 Å². The van der Waals surface area contributed by atoms with Gasteiger partial charge in [0.1, 0.15) is 11.9 Å². The van der Waals surface area contributed by atoms with Crippen LogP contribution in [-0.4, -0.2) is 88.3 Å². The fourth-order valence-electron chi connectivity index (χ4n) is 8.11. The van der Waals surface area contributed by atoms with Crippen LogP contribution in [0.3, 0.4) is 0 Å². The van der Waals surface area contributed by atoms with Crippen molar-refractivity contribution in [3.8, 4) is 17.3 Å². The minimum atomic E-state index is -1.22. The Balaban J connectivity index is 1.02. The molecule has 7 rings (SSSR count). The van der Waals surface area contributed by atoms with Crippen LogP contribution in [0, 0.1) is 23.1 Å². The summed E-state index contributed by atoms with van der Waals surface area (Å²) < 4.78 is 33.1. The van der Waals surface area contributed by atoms with Crippen molar-refractivity contribution in [2.75, 3.05) is 26.3 Å². The molecular formula is C35H44FN5O5. The number of benzene rings is 1. The van der Waals surface area contributed by atoms with Crippen molar-refractivity contribution in [1.29, 1.82) is 5.26 Å². The molecule has 2 bridgehead atoms. The number of halogens is 1. The number of carbonyl (C=O) groups excluding carboxylic acids is 1. The number of hydrogen-bond donors (Lipinski definition) is 2. The highest BCUT2D eigenvalue weighted by atomic mass is 19.1. The number of piperidine rings is 2. The number of likely N-dealkylation sites (tertiary alicyclic amines) is 2. The van der Waals surface area contributed by atoms with Gasteiger partial charge in [-0.15, -0.1) is 0 Å². The van der Waals surface area contributed by atoms with Crippen LogP contribution in [0.1, 0.15) is 69.6 Å². The van der Waals surface area contributed by atoms with E-state index in [1.54, 1.807) is 11.0 Å². The molecule has 5 atom stereocenters. The molecule has 0 radical (unpaired) electrons. The van der Waals surface area contributed by atoms with E-state index in [0.717, 1.165) is 69.5 Å². The molecule has 3 saturated heterocycles. The molecule has 5 aliphatic rings. The van der Waals surface area contributed by atoms with Crippen molar-refractivity contribution in [2.45, 2.75) is 108 Å². The SMILES string of the molecule is CC(C)(C)OC(O)N1[C@@H]2CC[C@@H](C2)[C@H]1C(=O)N[C@H](C#N)Cc1ccc(-c2cc3c(cn2)COC32CCN(C3COC3)CC2)cc1F. The third kappa shape index (κ3) is 5.96. The Bertz CT molecular complexity index is 1510. The van der Waals surface area contributed by atoms with Gasteiger partial charge >= 0.3 is 0 Å². The van der Waals surface area contributed by atoms with Crippen molar-refractivity contribution in [2.24, 2.45) is 5.92 Å². The summed E-state index contributed by atoms with van der Waals surface area (Å²) in [6, 6.07) is 8.17. The second-order valence-electron chi connectivity index (χ2n) is 14.6. The number of nitrogens with one attached hydrogen (secondary N) is 1. The molecule has 10 nitrogen and oxygen atoms in total. The topological polar surface area (TPSA) is 120 Å². The summed E-state index contributed by atoms with van der Waals surface area (Å²) in [6.07, 6.45) is 5.02. The van der Waals surface area contributed by atoms with E-state index >= 15 is 4.39 Å². The van der Waals surface area contributed by atoms with Crippen molar-refractivity contribution < 1.29 is 28.5 Å². The number of aliphatic hydroxyl groups is 1. The second-order valence-corrected chi connectivity index (χ2v) is 14.6. The number of aliphatic hydroxyl groups excluding tert-OH is 1. The van der Waals surface area contributed by atoms with E-state index in [9.17, 15) is 15.2 Å². The molecule has 1 aliphatic carbocycles. The highest BCUT2D eigenvalue weighted by Gasteiger charge is 2.52. The lowest BCUT2D eigenvalue weighted by Crippen LogP contribution is -2.57. The van der Waals surface area contributed by atoms with Crippen molar-refractivity contribution in [1.82, 2.24) is 20.1 Å². The Kier molecular flexibility index (Phi) is 8.41. The minimum absolute atomic E-state index is 0.0211. The van der Waals surface area contributed by atoms with E-state index in [0.29, 0.717) is 29.5 Å². The largest absolute Gasteiger partial charge is 0.378 e. The Hall–Kier alpha value is -2.98. The first-order valence-electron chi connectivity index (χ1n) is 16.6. The molecule has 11 heteroatoms. The first-order chi connectivity index (χ1) is 22.0. The van der Waals surface area contributed by atoms with Crippen LogP contribution in [0.4, 0.5) is 4.39 Å². The zero-order valence-electron chi connectivity index (χ0n) is 26.9. The van der Waals surface area contributed by atoms with Gasteiger partial charge < -0.3 is 24.6 Å². The van der Waals surface area contributed by atoms with Gasteiger partial charge in [0.15, 0.2) is 0 Å². The van der Waals surface area contributed by atoms with Crippen molar-refractivity contribution in [3.63, 3.8) is 0 Å². The van der Waals surface area contributed by atoms with Crippen LogP contribution < -0.4 is 5.32 Å². The summed E-state index contributed by atoms with van der Waals surface area (Å²) in [5.41, 5.74) is 2.97. The lowest BCUT2D eigenvalue weighted by atomic mass is 9.83. The molecule has 246 valence electrons. The second kappa shape index (κ2) is 12.2. The number of aromatic nitrogens is 1. The minimum Gasteiger partial charge on any atom is -0.378 e. The van der Waals surface area contributed by atoms with Crippen LogP contribution in [-0.2, 0) is 37.6 Å². The average Bonchev–Trinajstić information content (AvgIpc) is 3.71. The summed E-state index contributed by atoms with van der Waals surface area (Å²) in [7, 11) is 0. The van der Waals surface area contributed by atoms with Gasteiger partial charge in [-0.3, -0.25) is 14.7 Å². The van der Waals surface area contributed by atoms with Gasteiger partial charge in [0.2, 0.25) is 12.3 Å². The quantitative estimate of drug-likeness (QED) is 0.420. The number of pyridine rings is 1. The number of amides is 1. The summed E-state index contributed by atoms with van der Waals surface area (Å²) >= 11 is 0. The van der Waals surface area contributed by atoms with E-state index in [2.05, 4.69) is 27.3 Å². The molecule has 1 aromatic heterocycles. The third-order valence-corrected chi connectivity index (χ3v) is 10.6. The fourth-order valence-corrected chi connectivity index (χ4v) is 8.11. The maximum absolute atomic E-state index is 15.6. The number of nitriles is 1. The summed E-state index contributed by atoms with van der Waals surface area (Å²) in [6.45, 7) is 9.61. The van der Waals surface area contributed by atoms with E-state index in [1.807, 2.05) is 33.0 Å². The molecule has 2 N–H and O–H groups in total. The highest BCUT2D eigenvalue weighted by Crippen LogP contribution is 2.46.